The van der Waals surface area contributed by atoms with Crippen LogP contribution in [-0.4, -0.2) is 21.9 Å². The van der Waals surface area contributed by atoms with Gasteiger partial charge in [0, 0.05) is 17.9 Å². The Bertz CT molecular complexity index is 508. The standard InChI is InChI=1S/C13H13NO3/c14-7-13(16)4-3-9-10-5-8(15)1-2-11(10)17-12(9)6-13/h1-2,5,9,12,15-16H,3-4,6H2/t9?,12?,13-/m1/s1. The molecule has 88 valence electrons. The van der Waals surface area contributed by atoms with Gasteiger partial charge in [-0.1, -0.05) is 0 Å². The van der Waals surface area contributed by atoms with E-state index in [4.69, 9.17) is 10.00 Å². The Hall–Kier alpha value is -1.73. The summed E-state index contributed by atoms with van der Waals surface area (Å²) in [5.74, 6) is 1.18. The number of phenols is 1. The predicted octanol–water partition coefficient (Wildman–Crippen LogP) is 1.68. The first kappa shape index (κ1) is 10.4. The van der Waals surface area contributed by atoms with Crippen molar-refractivity contribution in [2.24, 2.45) is 0 Å². The fourth-order valence-corrected chi connectivity index (χ4v) is 2.83. The lowest BCUT2D eigenvalue weighted by molar-refractivity contribution is 0.00443. The Morgan fingerprint density at radius 1 is 1.47 bits per heavy atom. The van der Waals surface area contributed by atoms with Crippen molar-refractivity contribution in [1.82, 2.24) is 0 Å². The normalized spacial score (nSPS) is 34.4. The number of phenolic OH excluding ortho intramolecular Hbond substituents is 1. The molecule has 2 N–H and O–H groups in total. The topological polar surface area (TPSA) is 73.5 Å². The highest BCUT2D eigenvalue weighted by Crippen LogP contribution is 2.48. The number of hydrogen-bond donors (Lipinski definition) is 2. The first-order chi connectivity index (χ1) is 8.11. The molecule has 0 aromatic heterocycles. The minimum atomic E-state index is -1.26. The number of nitriles is 1. The zero-order valence-electron chi connectivity index (χ0n) is 9.26. The molecule has 1 aliphatic carbocycles. The van der Waals surface area contributed by atoms with E-state index in [1.165, 1.54) is 0 Å². The number of fused-ring (bicyclic) bond motifs is 3. The molecule has 1 aromatic carbocycles. The van der Waals surface area contributed by atoms with E-state index in [2.05, 4.69) is 0 Å². The van der Waals surface area contributed by atoms with Crippen LogP contribution in [0.4, 0.5) is 0 Å². The summed E-state index contributed by atoms with van der Waals surface area (Å²) in [6, 6.07) is 7.01. The van der Waals surface area contributed by atoms with Gasteiger partial charge in [0.1, 0.15) is 17.6 Å². The van der Waals surface area contributed by atoms with Gasteiger partial charge in [-0.2, -0.15) is 5.26 Å². The molecule has 17 heavy (non-hydrogen) atoms. The molecule has 0 saturated heterocycles. The van der Waals surface area contributed by atoms with Gasteiger partial charge in [-0.15, -0.1) is 0 Å². The fraction of sp³-hybridized carbons (Fsp3) is 0.462. The van der Waals surface area contributed by atoms with Crippen LogP contribution < -0.4 is 4.74 Å². The molecular formula is C13H13NO3. The Labute approximate surface area is 99.1 Å². The van der Waals surface area contributed by atoms with Gasteiger partial charge >= 0.3 is 0 Å². The number of nitrogens with zero attached hydrogens (tertiary/aromatic N) is 1. The summed E-state index contributed by atoms with van der Waals surface area (Å²) < 4.78 is 5.74. The van der Waals surface area contributed by atoms with Crippen LogP contribution in [0, 0.1) is 11.3 Å². The molecule has 2 aliphatic rings. The van der Waals surface area contributed by atoms with Gasteiger partial charge in [0.05, 0.1) is 6.07 Å². The third-order valence-corrected chi connectivity index (χ3v) is 3.74. The third-order valence-electron chi connectivity index (χ3n) is 3.74. The number of ether oxygens (including phenoxy) is 1. The second kappa shape index (κ2) is 3.38. The Morgan fingerprint density at radius 2 is 2.29 bits per heavy atom. The van der Waals surface area contributed by atoms with Crippen LogP contribution in [-0.2, 0) is 0 Å². The number of benzene rings is 1. The van der Waals surface area contributed by atoms with Crippen LogP contribution in [0.25, 0.3) is 0 Å². The van der Waals surface area contributed by atoms with Crippen LogP contribution in [0.3, 0.4) is 0 Å². The highest BCUT2D eigenvalue weighted by Gasteiger charge is 2.45. The number of aliphatic hydroxyl groups is 1. The summed E-state index contributed by atoms with van der Waals surface area (Å²) in [6.45, 7) is 0. The predicted molar refractivity (Wildman–Crippen MR) is 59.7 cm³/mol. The zero-order chi connectivity index (χ0) is 12.0. The van der Waals surface area contributed by atoms with Crippen molar-refractivity contribution in [3.8, 4) is 17.6 Å². The van der Waals surface area contributed by atoms with Crippen LogP contribution in [0.2, 0.25) is 0 Å². The fourth-order valence-electron chi connectivity index (χ4n) is 2.83. The third kappa shape index (κ3) is 1.55. The maximum absolute atomic E-state index is 9.97. The van der Waals surface area contributed by atoms with Gasteiger partial charge in [0.2, 0.25) is 0 Å². The van der Waals surface area contributed by atoms with Gasteiger partial charge in [0.25, 0.3) is 0 Å². The molecule has 0 bridgehead atoms. The van der Waals surface area contributed by atoms with E-state index in [0.717, 1.165) is 11.3 Å². The van der Waals surface area contributed by atoms with Crippen LogP contribution >= 0.6 is 0 Å². The lowest BCUT2D eigenvalue weighted by Crippen LogP contribution is -2.40. The van der Waals surface area contributed by atoms with Crippen molar-refractivity contribution >= 4 is 0 Å². The molecule has 4 nitrogen and oxygen atoms in total. The van der Waals surface area contributed by atoms with Crippen molar-refractivity contribution in [2.75, 3.05) is 0 Å². The molecular weight excluding hydrogens is 218 g/mol. The van der Waals surface area contributed by atoms with Crippen LogP contribution in [0.15, 0.2) is 18.2 Å². The second-order valence-electron chi connectivity index (χ2n) is 4.87. The minimum Gasteiger partial charge on any atom is -0.508 e. The molecule has 0 spiro atoms. The monoisotopic (exact) mass is 231 g/mol. The van der Waals surface area contributed by atoms with Gasteiger partial charge in [-0.3, -0.25) is 0 Å². The Balaban J connectivity index is 1.93. The van der Waals surface area contributed by atoms with Crippen molar-refractivity contribution in [1.29, 1.82) is 5.26 Å². The van der Waals surface area contributed by atoms with Crippen molar-refractivity contribution < 1.29 is 14.9 Å². The summed E-state index contributed by atoms with van der Waals surface area (Å²) in [5.41, 5.74) is -0.263. The van der Waals surface area contributed by atoms with E-state index < -0.39 is 5.60 Å². The first-order valence-corrected chi connectivity index (χ1v) is 5.74. The van der Waals surface area contributed by atoms with Gasteiger partial charge < -0.3 is 14.9 Å². The van der Waals surface area contributed by atoms with Crippen molar-refractivity contribution in [3.63, 3.8) is 0 Å². The van der Waals surface area contributed by atoms with Crippen LogP contribution in [0.1, 0.15) is 30.7 Å². The van der Waals surface area contributed by atoms with Crippen LogP contribution in [0.5, 0.6) is 11.5 Å². The summed E-state index contributed by atoms with van der Waals surface area (Å²) in [7, 11) is 0. The van der Waals surface area contributed by atoms with E-state index in [-0.39, 0.29) is 17.8 Å². The van der Waals surface area contributed by atoms with E-state index in [9.17, 15) is 10.2 Å². The van der Waals surface area contributed by atoms with E-state index in [1.54, 1.807) is 18.2 Å². The Morgan fingerprint density at radius 3 is 3.06 bits per heavy atom. The van der Waals surface area contributed by atoms with Crippen molar-refractivity contribution in [3.05, 3.63) is 23.8 Å². The molecule has 0 amide bonds. The average Bonchev–Trinajstić information content (AvgIpc) is 2.65. The SMILES string of the molecule is N#C[C@@]1(O)CCC2c3cc(O)ccc3OC2C1. The van der Waals surface area contributed by atoms with Gasteiger partial charge in [-0.05, 0) is 31.0 Å². The Kier molecular flexibility index (Phi) is 2.07. The van der Waals surface area contributed by atoms with Gasteiger partial charge in [-0.25, -0.2) is 0 Å². The molecule has 1 fully saturated rings. The van der Waals surface area contributed by atoms with E-state index >= 15 is 0 Å². The molecule has 0 radical (unpaired) electrons. The maximum atomic E-state index is 9.97. The quantitative estimate of drug-likeness (QED) is 0.666. The van der Waals surface area contributed by atoms with Crippen molar-refractivity contribution in [2.45, 2.75) is 36.9 Å². The molecule has 3 atom stereocenters. The highest BCUT2D eigenvalue weighted by molar-refractivity contribution is 5.46. The summed E-state index contributed by atoms with van der Waals surface area (Å²) >= 11 is 0. The molecule has 2 unspecified atom stereocenters. The summed E-state index contributed by atoms with van der Waals surface area (Å²) in [5, 5.41) is 28.4. The maximum Gasteiger partial charge on any atom is 0.154 e. The number of rotatable bonds is 0. The lowest BCUT2D eigenvalue weighted by atomic mass is 9.76. The summed E-state index contributed by atoms with van der Waals surface area (Å²) in [4.78, 5) is 0. The number of hydrogen-bond acceptors (Lipinski definition) is 4. The minimum absolute atomic E-state index is 0.148. The average molecular weight is 231 g/mol. The number of aromatic hydroxyl groups is 1. The van der Waals surface area contributed by atoms with E-state index in [0.29, 0.717) is 19.3 Å². The first-order valence-electron chi connectivity index (χ1n) is 5.74. The second-order valence-corrected chi connectivity index (χ2v) is 4.87. The lowest BCUT2D eigenvalue weighted by Gasteiger charge is -2.33. The molecule has 1 saturated carbocycles. The van der Waals surface area contributed by atoms with E-state index in [1.807, 2.05) is 6.07 Å². The molecule has 1 aliphatic heterocycles. The molecule has 3 rings (SSSR count). The highest BCUT2D eigenvalue weighted by atomic mass is 16.5. The molecule has 4 heteroatoms. The molecule has 1 heterocycles. The van der Waals surface area contributed by atoms with Gasteiger partial charge in [0.15, 0.2) is 5.60 Å². The zero-order valence-corrected chi connectivity index (χ0v) is 9.26. The largest absolute Gasteiger partial charge is 0.508 e. The summed E-state index contributed by atoms with van der Waals surface area (Å²) in [6.07, 6.45) is 1.36. The molecule has 1 aromatic rings. The smallest absolute Gasteiger partial charge is 0.154 e.